The van der Waals surface area contributed by atoms with Gasteiger partial charge in [-0.2, -0.15) is 11.8 Å². The molecule has 1 aromatic carbocycles. The van der Waals surface area contributed by atoms with E-state index < -0.39 is 5.97 Å². The second kappa shape index (κ2) is 11.8. The minimum absolute atomic E-state index is 0.208. The summed E-state index contributed by atoms with van der Waals surface area (Å²) in [5.74, 6) is 1.19. The summed E-state index contributed by atoms with van der Waals surface area (Å²) < 4.78 is 4.20. The number of methoxy groups -OCH3 is 1. The van der Waals surface area contributed by atoms with E-state index in [-0.39, 0.29) is 6.61 Å². The molecular weight excluding hydrogens is 272 g/mol. The van der Waals surface area contributed by atoms with Crippen LogP contribution in [0.4, 0.5) is 0 Å². The standard InChI is InChI=1S/C11H14S.C3H6O3.C2H6/c1-12-8-10-7-6-9-4-2-3-5-11(9)10;1-6-2-3(4)5;1-2/h2-5,10H,6-8H2,1H3;2H2,1H3,(H,4,5);1-2H3. The van der Waals surface area contributed by atoms with Crippen LogP contribution in [0, 0.1) is 0 Å². The van der Waals surface area contributed by atoms with Crippen LogP contribution in [0.25, 0.3) is 0 Å². The lowest BCUT2D eigenvalue weighted by Crippen LogP contribution is -2.02. The van der Waals surface area contributed by atoms with Gasteiger partial charge < -0.3 is 9.84 Å². The Morgan fingerprint density at radius 3 is 2.55 bits per heavy atom. The maximum absolute atomic E-state index is 9.47. The zero-order valence-corrected chi connectivity index (χ0v) is 13.7. The van der Waals surface area contributed by atoms with Gasteiger partial charge in [0.1, 0.15) is 6.61 Å². The molecule has 1 N–H and O–H groups in total. The van der Waals surface area contributed by atoms with Crippen molar-refractivity contribution in [3.63, 3.8) is 0 Å². The van der Waals surface area contributed by atoms with Crippen molar-refractivity contribution >= 4 is 17.7 Å². The SMILES string of the molecule is CC.COCC(=O)O.CSCC1CCc2ccccc21. The molecule has 0 aromatic heterocycles. The van der Waals surface area contributed by atoms with E-state index in [1.165, 1.54) is 25.7 Å². The van der Waals surface area contributed by atoms with Crippen molar-refractivity contribution < 1.29 is 14.6 Å². The summed E-state index contributed by atoms with van der Waals surface area (Å²) in [7, 11) is 1.34. The van der Waals surface area contributed by atoms with Crippen molar-refractivity contribution in [1.29, 1.82) is 0 Å². The molecule has 0 amide bonds. The van der Waals surface area contributed by atoms with Gasteiger partial charge in [-0.05, 0) is 41.9 Å². The fourth-order valence-corrected chi connectivity index (χ4v) is 2.89. The Morgan fingerprint density at radius 2 is 2.05 bits per heavy atom. The number of carboxylic acids is 1. The van der Waals surface area contributed by atoms with E-state index in [4.69, 9.17) is 5.11 Å². The Labute approximate surface area is 126 Å². The molecule has 0 saturated carbocycles. The Balaban J connectivity index is 0.000000387. The molecule has 1 aliphatic rings. The molecule has 0 bridgehead atoms. The molecule has 0 saturated heterocycles. The highest BCUT2D eigenvalue weighted by atomic mass is 32.2. The third-order valence-electron chi connectivity index (χ3n) is 2.89. The molecule has 1 aliphatic carbocycles. The van der Waals surface area contributed by atoms with E-state index >= 15 is 0 Å². The molecule has 4 heteroatoms. The molecule has 20 heavy (non-hydrogen) atoms. The largest absolute Gasteiger partial charge is 0.480 e. The third-order valence-corrected chi connectivity index (χ3v) is 3.63. The summed E-state index contributed by atoms with van der Waals surface area (Å²) >= 11 is 1.96. The van der Waals surface area contributed by atoms with Crippen molar-refractivity contribution in [1.82, 2.24) is 0 Å². The van der Waals surface area contributed by atoms with Gasteiger partial charge in [-0.3, -0.25) is 0 Å². The molecule has 3 nitrogen and oxygen atoms in total. The fourth-order valence-electron chi connectivity index (χ4n) is 2.14. The van der Waals surface area contributed by atoms with Gasteiger partial charge in [0.15, 0.2) is 0 Å². The van der Waals surface area contributed by atoms with Crippen molar-refractivity contribution in [3.05, 3.63) is 35.4 Å². The lowest BCUT2D eigenvalue weighted by molar-refractivity contribution is -0.141. The summed E-state index contributed by atoms with van der Waals surface area (Å²) in [6.07, 6.45) is 4.85. The van der Waals surface area contributed by atoms with Gasteiger partial charge in [0, 0.05) is 7.11 Å². The first-order valence-electron chi connectivity index (χ1n) is 6.96. The smallest absolute Gasteiger partial charge is 0.329 e. The molecule has 1 aromatic rings. The average molecular weight is 298 g/mol. The highest BCUT2D eigenvalue weighted by molar-refractivity contribution is 7.98. The van der Waals surface area contributed by atoms with Crippen molar-refractivity contribution in [2.45, 2.75) is 32.6 Å². The van der Waals surface area contributed by atoms with Crippen LogP contribution in [0.5, 0.6) is 0 Å². The zero-order valence-electron chi connectivity index (χ0n) is 12.9. The summed E-state index contributed by atoms with van der Waals surface area (Å²) in [5.41, 5.74) is 3.18. The van der Waals surface area contributed by atoms with E-state index in [0.29, 0.717) is 0 Å². The maximum atomic E-state index is 9.47. The highest BCUT2D eigenvalue weighted by Crippen LogP contribution is 2.34. The van der Waals surface area contributed by atoms with Gasteiger partial charge in [-0.1, -0.05) is 38.1 Å². The Kier molecular flexibility index (Phi) is 11.2. The second-order valence-corrected chi connectivity index (χ2v) is 5.13. The van der Waals surface area contributed by atoms with E-state index in [0.717, 1.165) is 5.92 Å². The summed E-state index contributed by atoms with van der Waals surface area (Å²) in [6, 6.07) is 8.89. The number of benzene rings is 1. The van der Waals surface area contributed by atoms with Crippen LogP contribution in [-0.4, -0.2) is 36.8 Å². The van der Waals surface area contributed by atoms with Crippen LogP contribution in [0.3, 0.4) is 0 Å². The van der Waals surface area contributed by atoms with Gasteiger partial charge in [-0.15, -0.1) is 0 Å². The molecule has 0 spiro atoms. The summed E-state index contributed by atoms with van der Waals surface area (Å²) in [5, 5.41) is 7.79. The molecule has 0 aliphatic heterocycles. The number of fused-ring (bicyclic) bond motifs is 1. The van der Waals surface area contributed by atoms with Crippen LogP contribution in [0.1, 0.15) is 37.3 Å². The number of rotatable bonds is 4. The fraction of sp³-hybridized carbons (Fsp3) is 0.562. The average Bonchev–Trinajstić information content (AvgIpc) is 2.86. The predicted octanol–water partition coefficient (Wildman–Crippen LogP) is 3.82. The molecule has 2 rings (SSSR count). The van der Waals surface area contributed by atoms with E-state index in [1.807, 2.05) is 25.6 Å². The lowest BCUT2D eigenvalue weighted by atomic mass is 10.0. The van der Waals surface area contributed by atoms with Crippen LogP contribution >= 0.6 is 11.8 Å². The van der Waals surface area contributed by atoms with Gasteiger partial charge in [-0.25, -0.2) is 4.79 Å². The van der Waals surface area contributed by atoms with Crippen LogP contribution in [-0.2, 0) is 16.0 Å². The molecule has 0 heterocycles. The number of aryl methyl sites for hydroxylation is 1. The minimum Gasteiger partial charge on any atom is -0.480 e. The van der Waals surface area contributed by atoms with E-state index in [2.05, 4.69) is 35.3 Å². The molecule has 0 fully saturated rings. The molecule has 1 atom stereocenters. The van der Waals surface area contributed by atoms with Crippen LogP contribution in [0.2, 0.25) is 0 Å². The predicted molar refractivity (Wildman–Crippen MR) is 86.7 cm³/mol. The Morgan fingerprint density at radius 1 is 1.40 bits per heavy atom. The highest BCUT2D eigenvalue weighted by Gasteiger charge is 2.20. The topological polar surface area (TPSA) is 46.5 Å². The molecule has 1 unspecified atom stereocenters. The van der Waals surface area contributed by atoms with Crippen molar-refractivity contribution in [2.24, 2.45) is 0 Å². The minimum atomic E-state index is -0.933. The van der Waals surface area contributed by atoms with E-state index in [9.17, 15) is 4.79 Å². The first-order chi connectivity index (χ1) is 9.69. The normalized spacial score (nSPS) is 15.3. The molecule has 114 valence electrons. The molecule has 0 radical (unpaired) electrons. The Hall–Kier alpha value is -1.00. The Bertz CT molecular complexity index is 378. The number of hydrogen-bond donors (Lipinski definition) is 1. The van der Waals surface area contributed by atoms with Gasteiger partial charge in [0.25, 0.3) is 0 Å². The van der Waals surface area contributed by atoms with Crippen molar-refractivity contribution in [2.75, 3.05) is 25.7 Å². The quantitative estimate of drug-likeness (QED) is 0.918. The number of aliphatic carboxylic acids is 1. The second-order valence-electron chi connectivity index (χ2n) is 4.22. The zero-order chi connectivity index (χ0) is 15.4. The van der Waals surface area contributed by atoms with Gasteiger partial charge >= 0.3 is 5.97 Å². The van der Waals surface area contributed by atoms with Crippen molar-refractivity contribution in [3.8, 4) is 0 Å². The first-order valence-corrected chi connectivity index (χ1v) is 8.36. The molecular formula is C16H26O3S. The van der Waals surface area contributed by atoms with E-state index in [1.54, 1.807) is 11.1 Å². The van der Waals surface area contributed by atoms with Crippen LogP contribution in [0.15, 0.2) is 24.3 Å². The number of carboxylic acid groups (broad SMARTS) is 1. The van der Waals surface area contributed by atoms with Gasteiger partial charge in [0.05, 0.1) is 0 Å². The number of carbonyl (C=O) groups is 1. The number of ether oxygens (including phenoxy) is 1. The van der Waals surface area contributed by atoms with Crippen LogP contribution < -0.4 is 0 Å². The first kappa shape index (κ1) is 19.0. The third kappa shape index (κ3) is 6.96. The number of thioether (sulfide) groups is 1. The maximum Gasteiger partial charge on any atom is 0.329 e. The monoisotopic (exact) mass is 298 g/mol. The number of hydrogen-bond acceptors (Lipinski definition) is 3. The van der Waals surface area contributed by atoms with Gasteiger partial charge in [0.2, 0.25) is 0 Å². The summed E-state index contributed by atoms with van der Waals surface area (Å²) in [4.78, 5) is 9.47. The lowest BCUT2D eigenvalue weighted by Gasteiger charge is -2.08. The summed E-state index contributed by atoms with van der Waals surface area (Å²) in [6.45, 7) is 3.79.